The van der Waals surface area contributed by atoms with Crippen molar-refractivity contribution in [3.63, 3.8) is 0 Å². The maximum atomic E-state index is 12.3. The molecule has 0 unspecified atom stereocenters. The fraction of sp³-hybridized carbons (Fsp3) is 0.333. The van der Waals surface area contributed by atoms with Gasteiger partial charge < -0.3 is 5.11 Å². The first-order valence-electron chi connectivity index (χ1n) is 3.50. The number of aryl methyl sites for hydroxylation is 2. The zero-order valence-corrected chi connectivity index (χ0v) is 6.69. The molecule has 0 atom stereocenters. The van der Waals surface area contributed by atoms with Crippen molar-refractivity contribution in [3.05, 3.63) is 28.8 Å². The predicted octanol–water partition coefficient (Wildman–Crippen LogP) is 2.48. The van der Waals surface area contributed by atoms with Gasteiger partial charge in [-0.25, -0.2) is 4.39 Å². The summed E-state index contributed by atoms with van der Waals surface area (Å²) in [4.78, 5) is 0. The molecule has 0 amide bonds. The average molecular weight is 154 g/mol. The van der Waals surface area contributed by atoms with Gasteiger partial charge in [-0.15, -0.1) is 0 Å². The molecule has 0 aliphatic rings. The minimum atomic E-state index is -0.460. The molecule has 0 saturated heterocycles. The lowest BCUT2D eigenvalue weighted by atomic mass is 10.0. The highest BCUT2D eigenvalue weighted by Crippen LogP contribution is 2.21. The molecule has 60 valence electrons. The van der Waals surface area contributed by atoms with Crippen LogP contribution in [0.5, 0.6) is 5.75 Å². The zero-order valence-electron chi connectivity index (χ0n) is 6.69. The molecule has 0 aliphatic heterocycles. The number of benzene rings is 1. The van der Waals surface area contributed by atoms with E-state index in [0.717, 1.165) is 11.1 Å². The van der Waals surface area contributed by atoms with Crippen molar-refractivity contribution < 1.29 is 9.50 Å². The van der Waals surface area contributed by atoms with Crippen molar-refractivity contribution in [1.29, 1.82) is 0 Å². The Morgan fingerprint density at radius 2 is 1.73 bits per heavy atom. The van der Waals surface area contributed by atoms with Gasteiger partial charge in [-0.1, -0.05) is 0 Å². The van der Waals surface area contributed by atoms with Crippen molar-refractivity contribution in [3.8, 4) is 5.75 Å². The van der Waals surface area contributed by atoms with Gasteiger partial charge in [-0.3, -0.25) is 0 Å². The molecular formula is C9H11FO. The summed E-state index contributed by atoms with van der Waals surface area (Å²) in [5, 5.41) is 9.09. The van der Waals surface area contributed by atoms with E-state index in [1.54, 1.807) is 26.0 Å². The molecule has 11 heavy (non-hydrogen) atoms. The van der Waals surface area contributed by atoms with Crippen LogP contribution in [0.25, 0.3) is 0 Å². The molecule has 0 fully saturated rings. The Morgan fingerprint density at radius 3 is 2.09 bits per heavy atom. The third-order valence-corrected chi connectivity index (χ3v) is 1.81. The Morgan fingerprint density at radius 1 is 1.27 bits per heavy atom. The van der Waals surface area contributed by atoms with Gasteiger partial charge in [-0.2, -0.15) is 0 Å². The number of hydrogen-bond donors (Lipinski definition) is 1. The first-order valence-corrected chi connectivity index (χ1v) is 3.50. The molecule has 1 N–H and O–H groups in total. The van der Waals surface area contributed by atoms with Gasteiger partial charge in [0.25, 0.3) is 0 Å². The van der Waals surface area contributed by atoms with Gasteiger partial charge in [0.1, 0.15) is 12.4 Å². The van der Waals surface area contributed by atoms with E-state index in [1.807, 2.05) is 0 Å². The van der Waals surface area contributed by atoms with E-state index >= 15 is 0 Å². The van der Waals surface area contributed by atoms with Crippen molar-refractivity contribution in [1.82, 2.24) is 0 Å². The Labute approximate surface area is 65.5 Å². The van der Waals surface area contributed by atoms with Crippen molar-refractivity contribution in [2.75, 3.05) is 0 Å². The fourth-order valence-corrected chi connectivity index (χ4v) is 1.18. The van der Waals surface area contributed by atoms with Crippen LogP contribution in [-0.4, -0.2) is 5.11 Å². The summed E-state index contributed by atoms with van der Waals surface area (Å²) in [7, 11) is 0. The maximum absolute atomic E-state index is 12.3. The third-order valence-electron chi connectivity index (χ3n) is 1.81. The monoisotopic (exact) mass is 154 g/mol. The summed E-state index contributed by atoms with van der Waals surface area (Å²) in [6.07, 6.45) is 0. The van der Waals surface area contributed by atoms with E-state index in [4.69, 9.17) is 5.11 Å². The second kappa shape index (κ2) is 2.91. The quantitative estimate of drug-likeness (QED) is 0.658. The molecule has 1 rings (SSSR count). The summed E-state index contributed by atoms with van der Waals surface area (Å²) < 4.78 is 12.3. The van der Waals surface area contributed by atoms with Gasteiger partial charge in [0.15, 0.2) is 0 Å². The van der Waals surface area contributed by atoms with Gasteiger partial charge in [-0.05, 0) is 42.7 Å². The number of phenols is 1. The molecule has 0 aromatic heterocycles. The number of halogens is 1. The normalized spacial score (nSPS) is 10.1. The minimum Gasteiger partial charge on any atom is -0.508 e. The topological polar surface area (TPSA) is 20.2 Å². The van der Waals surface area contributed by atoms with Crippen LogP contribution in [-0.2, 0) is 6.67 Å². The van der Waals surface area contributed by atoms with Gasteiger partial charge >= 0.3 is 0 Å². The van der Waals surface area contributed by atoms with Crippen LogP contribution >= 0.6 is 0 Å². The van der Waals surface area contributed by atoms with Crippen LogP contribution in [0.2, 0.25) is 0 Å². The smallest absolute Gasteiger partial charge is 0.116 e. The lowest BCUT2D eigenvalue weighted by molar-refractivity contribution is 0.467. The fourth-order valence-electron chi connectivity index (χ4n) is 1.18. The molecule has 1 nitrogen and oxygen atoms in total. The molecule has 1 aromatic rings. The molecular weight excluding hydrogens is 143 g/mol. The molecule has 1 aromatic carbocycles. The number of aromatic hydroxyl groups is 1. The van der Waals surface area contributed by atoms with E-state index in [1.165, 1.54) is 0 Å². The number of alkyl halides is 1. The van der Waals surface area contributed by atoms with Crippen molar-refractivity contribution in [2.24, 2.45) is 0 Å². The van der Waals surface area contributed by atoms with E-state index in [2.05, 4.69) is 0 Å². The van der Waals surface area contributed by atoms with E-state index < -0.39 is 6.67 Å². The van der Waals surface area contributed by atoms with Gasteiger partial charge in [0, 0.05) is 0 Å². The summed E-state index contributed by atoms with van der Waals surface area (Å²) >= 11 is 0. The van der Waals surface area contributed by atoms with Crippen LogP contribution in [0, 0.1) is 13.8 Å². The minimum absolute atomic E-state index is 0.206. The summed E-state index contributed by atoms with van der Waals surface area (Å²) in [6.45, 7) is 3.13. The lowest BCUT2D eigenvalue weighted by Crippen LogP contribution is -1.89. The zero-order chi connectivity index (χ0) is 8.43. The molecule has 0 aliphatic carbocycles. The van der Waals surface area contributed by atoms with Gasteiger partial charge in [0.2, 0.25) is 0 Å². The molecule has 0 heterocycles. The Bertz CT molecular complexity index is 245. The second-order valence-electron chi connectivity index (χ2n) is 2.69. The SMILES string of the molecule is Cc1cc(O)cc(C)c1CF. The molecule has 0 saturated carbocycles. The standard InChI is InChI=1S/C9H11FO/c1-6-3-8(11)4-7(2)9(6)5-10/h3-4,11H,5H2,1-2H3. The van der Waals surface area contributed by atoms with Crippen LogP contribution in [0.1, 0.15) is 16.7 Å². The highest BCUT2D eigenvalue weighted by atomic mass is 19.1. The van der Waals surface area contributed by atoms with Gasteiger partial charge in [0.05, 0.1) is 0 Å². The maximum Gasteiger partial charge on any atom is 0.116 e. The summed E-state index contributed by atoms with van der Waals surface area (Å²) in [5.41, 5.74) is 2.30. The Kier molecular flexibility index (Phi) is 2.13. The molecule has 2 heteroatoms. The lowest BCUT2D eigenvalue weighted by Gasteiger charge is -2.05. The Hall–Kier alpha value is -1.05. The van der Waals surface area contributed by atoms with E-state index in [9.17, 15) is 4.39 Å². The molecule has 0 spiro atoms. The highest BCUT2D eigenvalue weighted by molar-refractivity contribution is 5.39. The van der Waals surface area contributed by atoms with Crippen LogP contribution in [0.4, 0.5) is 4.39 Å². The van der Waals surface area contributed by atoms with Crippen molar-refractivity contribution >= 4 is 0 Å². The summed E-state index contributed by atoms with van der Waals surface area (Å²) in [6, 6.07) is 3.14. The first-order chi connectivity index (χ1) is 5.15. The summed E-state index contributed by atoms with van der Waals surface area (Å²) in [5.74, 6) is 0.206. The highest BCUT2D eigenvalue weighted by Gasteiger charge is 2.02. The molecule has 0 radical (unpaired) electrons. The number of phenolic OH excluding ortho intramolecular Hbond substituents is 1. The van der Waals surface area contributed by atoms with E-state index in [-0.39, 0.29) is 5.75 Å². The first kappa shape index (κ1) is 8.05. The van der Waals surface area contributed by atoms with Crippen LogP contribution < -0.4 is 0 Å². The predicted molar refractivity (Wildman–Crippen MR) is 42.4 cm³/mol. The van der Waals surface area contributed by atoms with Crippen LogP contribution in [0.3, 0.4) is 0 Å². The average Bonchev–Trinajstić information content (AvgIpc) is 1.85. The number of rotatable bonds is 1. The van der Waals surface area contributed by atoms with Crippen molar-refractivity contribution in [2.45, 2.75) is 20.5 Å². The largest absolute Gasteiger partial charge is 0.508 e. The number of hydrogen-bond acceptors (Lipinski definition) is 1. The molecule has 0 bridgehead atoms. The van der Waals surface area contributed by atoms with Crippen LogP contribution in [0.15, 0.2) is 12.1 Å². The Balaban J connectivity index is 3.25. The second-order valence-corrected chi connectivity index (χ2v) is 2.69. The van der Waals surface area contributed by atoms with E-state index in [0.29, 0.717) is 5.56 Å². The third kappa shape index (κ3) is 1.50.